The summed E-state index contributed by atoms with van der Waals surface area (Å²) in [5.41, 5.74) is 0.968. The van der Waals surface area contributed by atoms with Crippen LogP contribution in [0, 0.1) is 5.92 Å². The van der Waals surface area contributed by atoms with E-state index in [1.165, 1.54) is 0 Å². The normalized spacial score (nSPS) is 19.3. The fourth-order valence-electron chi connectivity index (χ4n) is 1.53. The molecule has 1 atom stereocenters. The molecule has 0 saturated heterocycles. The molecule has 1 unspecified atom stereocenters. The Labute approximate surface area is 128 Å². The lowest BCUT2D eigenvalue weighted by Crippen LogP contribution is -2.19. The Bertz CT molecular complexity index is 479. The van der Waals surface area contributed by atoms with Crippen LogP contribution in [-0.2, 0) is 0 Å². The largest absolute Gasteiger partial charge is 0.495 e. The van der Waals surface area contributed by atoms with Crippen LogP contribution in [0.15, 0.2) is 26.1 Å². The lowest BCUT2D eigenvalue weighted by molar-refractivity contribution is 0.412. The Hall–Kier alpha value is -0.200. The zero-order valence-corrected chi connectivity index (χ0v) is 14.2. The maximum atomic E-state index is 5.29. The molecule has 1 aliphatic heterocycles. The zero-order chi connectivity index (χ0) is 13.1. The molecule has 0 spiro atoms. The van der Waals surface area contributed by atoms with Crippen molar-refractivity contribution in [2.75, 3.05) is 24.7 Å². The molecule has 1 aliphatic rings. The highest BCUT2D eigenvalue weighted by molar-refractivity contribution is 9.11. The van der Waals surface area contributed by atoms with Gasteiger partial charge in [-0.15, -0.1) is 0 Å². The summed E-state index contributed by atoms with van der Waals surface area (Å²) in [5, 5.41) is 4.31. The number of aliphatic imine (C=N–C) groups is 1. The lowest BCUT2D eigenvalue weighted by Gasteiger charge is -2.19. The average Bonchev–Trinajstić information content (AvgIpc) is 2.35. The Balaban J connectivity index is 2.19. The van der Waals surface area contributed by atoms with Gasteiger partial charge in [0.25, 0.3) is 0 Å². The van der Waals surface area contributed by atoms with Gasteiger partial charge in [0.2, 0.25) is 0 Å². The van der Waals surface area contributed by atoms with Crippen molar-refractivity contribution in [2.24, 2.45) is 10.9 Å². The maximum absolute atomic E-state index is 5.29. The van der Waals surface area contributed by atoms with Crippen molar-refractivity contribution >= 4 is 54.5 Å². The third-order valence-corrected chi connectivity index (χ3v) is 5.05. The second-order valence-corrected chi connectivity index (χ2v) is 6.87. The Morgan fingerprint density at radius 1 is 1.39 bits per heavy atom. The van der Waals surface area contributed by atoms with E-state index in [0.29, 0.717) is 5.92 Å². The summed E-state index contributed by atoms with van der Waals surface area (Å²) < 4.78 is 7.20. The molecule has 0 aliphatic carbocycles. The number of ether oxygens (including phenoxy) is 1. The summed E-state index contributed by atoms with van der Waals surface area (Å²) in [7, 11) is 1.66. The number of rotatable bonds is 2. The van der Waals surface area contributed by atoms with E-state index in [9.17, 15) is 0 Å². The van der Waals surface area contributed by atoms with Crippen LogP contribution >= 0.6 is 43.6 Å². The quantitative estimate of drug-likeness (QED) is 0.809. The molecule has 1 N–H and O–H groups in total. The van der Waals surface area contributed by atoms with Crippen molar-refractivity contribution in [3.63, 3.8) is 0 Å². The number of hydrogen-bond donors (Lipinski definition) is 1. The summed E-state index contributed by atoms with van der Waals surface area (Å²) >= 11 is 8.75. The SMILES string of the molecule is COc1cc(NC2=NCC(C)CS2)c(Br)cc1Br. The molecule has 1 aromatic carbocycles. The lowest BCUT2D eigenvalue weighted by atomic mass is 10.2. The summed E-state index contributed by atoms with van der Waals surface area (Å²) in [6.07, 6.45) is 0. The molecular formula is C12H14Br2N2OS. The van der Waals surface area contributed by atoms with Crippen LogP contribution < -0.4 is 10.1 Å². The predicted octanol–water partition coefficient (Wildman–Crippen LogP) is 4.37. The van der Waals surface area contributed by atoms with Gasteiger partial charge in [-0.1, -0.05) is 18.7 Å². The molecule has 6 heteroatoms. The molecular weight excluding hydrogens is 380 g/mol. The molecule has 0 radical (unpaired) electrons. The predicted molar refractivity (Wildman–Crippen MR) is 85.9 cm³/mol. The summed E-state index contributed by atoms with van der Waals surface area (Å²) in [4.78, 5) is 4.52. The van der Waals surface area contributed by atoms with E-state index in [0.717, 1.165) is 37.8 Å². The number of nitrogens with one attached hydrogen (secondary N) is 1. The van der Waals surface area contributed by atoms with Crippen molar-refractivity contribution in [3.05, 3.63) is 21.1 Å². The van der Waals surface area contributed by atoms with Gasteiger partial charge in [0, 0.05) is 22.8 Å². The molecule has 98 valence electrons. The summed E-state index contributed by atoms with van der Waals surface area (Å²) in [6, 6.07) is 3.92. The van der Waals surface area contributed by atoms with Crippen molar-refractivity contribution in [1.29, 1.82) is 0 Å². The van der Waals surface area contributed by atoms with Crippen molar-refractivity contribution in [1.82, 2.24) is 0 Å². The number of hydrogen-bond acceptors (Lipinski definition) is 4. The van der Waals surface area contributed by atoms with E-state index in [2.05, 4.69) is 49.1 Å². The third-order valence-electron chi connectivity index (χ3n) is 2.53. The summed E-state index contributed by atoms with van der Waals surface area (Å²) in [5.74, 6) is 2.57. The monoisotopic (exact) mass is 392 g/mol. The minimum atomic E-state index is 0.656. The van der Waals surface area contributed by atoms with Crippen LogP contribution in [0.25, 0.3) is 0 Å². The van der Waals surface area contributed by atoms with Gasteiger partial charge < -0.3 is 10.1 Å². The molecule has 0 saturated carbocycles. The fraction of sp³-hybridized carbons (Fsp3) is 0.417. The van der Waals surface area contributed by atoms with E-state index < -0.39 is 0 Å². The number of halogens is 2. The van der Waals surface area contributed by atoms with E-state index in [1.54, 1.807) is 18.9 Å². The number of anilines is 1. The van der Waals surface area contributed by atoms with Crippen LogP contribution in [0.1, 0.15) is 6.92 Å². The molecule has 0 amide bonds. The molecule has 3 nitrogen and oxygen atoms in total. The van der Waals surface area contributed by atoms with Crippen LogP contribution in [0.4, 0.5) is 5.69 Å². The molecule has 1 heterocycles. The third kappa shape index (κ3) is 3.42. The highest BCUT2D eigenvalue weighted by Crippen LogP contribution is 2.35. The van der Waals surface area contributed by atoms with Crippen LogP contribution in [-0.4, -0.2) is 24.6 Å². The van der Waals surface area contributed by atoms with Crippen LogP contribution in [0.5, 0.6) is 5.75 Å². The Morgan fingerprint density at radius 2 is 2.17 bits per heavy atom. The van der Waals surface area contributed by atoms with Gasteiger partial charge in [-0.05, 0) is 43.8 Å². The van der Waals surface area contributed by atoms with Gasteiger partial charge in [-0.2, -0.15) is 0 Å². The van der Waals surface area contributed by atoms with Crippen molar-refractivity contribution < 1.29 is 4.74 Å². The molecule has 0 aromatic heterocycles. The van der Waals surface area contributed by atoms with Gasteiger partial charge in [0.05, 0.1) is 17.3 Å². The number of amidine groups is 1. The van der Waals surface area contributed by atoms with Gasteiger partial charge in [-0.25, -0.2) is 0 Å². The minimum Gasteiger partial charge on any atom is -0.495 e. The smallest absolute Gasteiger partial charge is 0.161 e. The second-order valence-electron chi connectivity index (χ2n) is 4.15. The van der Waals surface area contributed by atoms with Gasteiger partial charge >= 0.3 is 0 Å². The molecule has 0 bridgehead atoms. The van der Waals surface area contributed by atoms with E-state index >= 15 is 0 Å². The number of thioether (sulfide) groups is 1. The fourth-order valence-corrected chi connectivity index (χ4v) is 3.68. The molecule has 1 aromatic rings. The van der Waals surface area contributed by atoms with Crippen LogP contribution in [0.2, 0.25) is 0 Å². The van der Waals surface area contributed by atoms with Gasteiger partial charge in [-0.3, -0.25) is 4.99 Å². The van der Waals surface area contributed by atoms with E-state index in [1.807, 2.05) is 12.1 Å². The number of methoxy groups -OCH3 is 1. The summed E-state index contributed by atoms with van der Waals surface area (Å²) in [6.45, 7) is 3.10. The van der Waals surface area contributed by atoms with Crippen LogP contribution in [0.3, 0.4) is 0 Å². The molecule has 2 rings (SSSR count). The van der Waals surface area contributed by atoms with E-state index in [-0.39, 0.29) is 0 Å². The topological polar surface area (TPSA) is 33.6 Å². The first-order valence-corrected chi connectivity index (χ1v) is 8.14. The molecule has 18 heavy (non-hydrogen) atoms. The van der Waals surface area contributed by atoms with Gasteiger partial charge in [0.15, 0.2) is 5.17 Å². The van der Waals surface area contributed by atoms with Crippen molar-refractivity contribution in [2.45, 2.75) is 6.92 Å². The zero-order valence-electron chi connectivity index (χ0n) is 10.2. The standard InChI is InChI=1S/C12H14Br2N2OS/c1-7-5-15-12(18-6-7)16-10-4-11(17-2)9(14)3-8(10)13/h3-4,7H,5-6H2,1-2H3,(H,15,16). The first-order chi connectivity index (χ1) is 8.60. The van der Waals surface area contributed by atoms with Gasteiger partial charge in [0.1, 0.15) is 5.75 Å². The Morgan fingerprint density at radius 3 is 2.78 bits per heavy atom. The second kappa shape index (κ2) is 6.30. The number of nitrogens with zero attached hydrogens (tertiary/aromatic N) is 1. The first-order valence-electron chi connectivity index (χ1n) is 5.57. The van der Waals surface area contributed by atoms with Crippen molar-refractivity contribution in [3.8, 4) is 5.75 Å². The minimum absolute atomic E-state index is 0.656. The highest BCUT2D eigenvalue weighted by atomic mass is 79.9. The van der Waals surface area contributed by atoms with E-state index in [4.69, 9.17) is 4.74 Å². The number of benzene rings is 1. The first kappa shape index (κ1) is 14.2. The Kier molecular flexibility index (Phi) is 4.98. The average molecular weight is 394 g/mol. The maximum Gasteiger partial charge on any atom is 0.161 e. The molecule has 0 fully saturated rings. The highest BCUT2D eigenvalue weighted by Gasteiger charge is 2.14.